The molecular weight excluding hydrogens is 156 g/mol. The van der Waals surface area contributed by atoms with Gasteiger partial charge in [0.25, 0.3) is 0 Å². The number of nitrogens with zero attached hydrogens (tertiary/aromatic N) is 3. The van der Waals surface area contributed by atoms with Crippen LogP contribution < -0.4 is 5.90 Å². The average molecular weight is 172 g/mol. The van der Waals surface area contributed by atoms with Crippen LogP contribution in [0.5, 0.6) is 0 Å². The van der Waals surface area contributed by atoms with Crippen molar-refractivity contribution in [2.45, 2.75) is 32.1 Å². The highest BCUT2D eigenvalue weighted by molar-refractivity contribution is 4.48. The Hall–Kier alpha value is -0.770. The molecule has 0 aliphatic rings. The van der Waals surface area contributed by atoms with Gasteiger partial charge in [-0.15, -0.1) is 0 Å². The Balaban J connectivity index is 2.86. The van der Waals surface area contributed by atoms with E-state index >= 15 is 0 Å². The first-order valence-electron chi connectivity index (χ1n) is 4.24. The smallest absolute Gasteiger partial charge is 0.0679 e. The molecular formula is C7H16N4O. The van der Waals surface area contributed by atoms with Crippen molar-refractivity contribution in [1.82, 2.24) is 0 Å². The van der Waals surface area contributed by atoms with E-state index in [1.807, 2.05) is 0 Å². The molecule has 0 unspecified atom stereocenters. The zero-order chi connectivity index (χ0) is 9.07. The van der Waals surface area contributed by atoms with E-state index in [9.17, 15) is 0 Å². The van der Waals surface area contributed by atoms with Gasteiger partial charge in [-0.25, -0.2) is 5.90 Å². The fourth-order valence-electron chi connectivity index (χ4n) is 0.943. The molecule has 0 aromatic heterocycles. The van der Waals surface area contributed by atoms with Crippen molar-refractivity contribution in [3.63, 3.8) is 0 Å². The van der Waals surface area contributed by atoms with Gasteiger partial charge in [0, 0.05) is 11.5 Å². The molecule has 0 aliphatic carbocycles. The number of hydrogen-bond acceptors (Lipinski definition) is 3. The predicted octanol–water partition coefficient (Wildman–Crippen LogP) is 2.14. The number of rotatable bonds is 8. The summed E-state index contributed by atoms with van der Waals surface area (Å²) in [7, 11) is 0. The first-order valence-corrected chi connectivity index (χ1v) is 4.24. The monoisotopic (exact) mass is 172 g/mol. The molecule has 2 N–H and O–H groups in total. The lowest BCUT2D eigenvalue weighted by atomic mass is 10.1. The molecule has 0 amide bonds. The molecule has 0 rings (SSSR count). The lowest BCUT2D eigenvalue weighted by Gasteiger charge is -1.98. The summed E-state index contributed by atoms with van der Waals surface area (Å²) in [6.45, 7) is 1.25. The molecule has 0 aliphatic heterocycles. The van der Waals surface area contributed by atoms with Gasteiger partial charge in [0.15, 0.2) is 0 Å². The summed E-state index contributed by atoms with van der Waals surface area (Å²) in [4.78, 5) is 7.09. The fourth-order valence-corrected chi connectivity index (χ4v) is 0.943. The van der Waals surface area contributed by atoms with Crippen LogP contribution >= 0.6 is 0 Å². The standard InChI is InChI=1S/C7H16N4O/c8-11-10-6-4-2-1-3-5-7-12-9/h1-7,9H2. The molecule has 0 aromatic carbocycles. The van der Waals surface area contributed by atoms with E-state index in [1.165, 1.54) is 0 Å². The molecule has 0 fully saturated rings. The Morgan fingerprint density at radius 3 is 2.50 bits per heavy atom. The summed E-state index contributed by atoms with van der Waals surface area (Å²) in [5.74, 6) is 4.85. The maximum Gasteiger partial charge on any atom is 0.0679 e. The van der Waals surface area contributed by atoms with Crippen LogP contribution in [-0.2, 0) is 4.84 Å². The largest absolute Gasteiger partial charge is 0.305 e. The molecule has 0 spiro atoms. The van der Waals surface area contributed by atoms with E-state index in [0.29, 0.717) is 13.2 Å². The minimum Gasteiger partial charge on any atom is -0.305 e. The van der Waals surface area contributed by atoms with Crippen molar-refractivity contribution >= 4 is 0 Å². The first kappa shape index (κ1) is 11.2. The van der Waals surface area contributed by atoms with Gasteiger partial charge in [0.1, 0.15) is 0 Å². The van der Waals surface area contributed by atoms with E-state index in [2.05, 4.69) is 14.9 Å². The van der Waals surface area contributed by atoms with E-state index < -0.39 is 0 Å². The van der Waals surface area contributed by atoms with Gasteiger partial charge in [-0.2, -0.15) is 0 Å². The molecule has 0 saturated heterocycles. The van der Waals surface area contributed by atoms with Crippen molar-refractivity contribution in [2.24, 2.45) is 11.0 Å². The molecule has 12 heavy (non-hydrogen) atoms. The van der Waals surface area contributed by atoms with Crippen LogP contribution in [0.15, 0.2) is 5.11 Å². The van der Waals surface area contributed by atoms with Crippen molar-refractivity contribution < 1.29 is 4.84 Å². The van der Waals surface area contributed by atoms with Gasteiger partial charge < -0.3 is 4.84 Å². The van der Waals surface area contributed by atoms with Gasteiger partial charge in [-0.3, -0.25) is 0 Å². The molecule has 5 nitrogen and oxygen atoms in total. The Morgan fingerprint density at radius 1 is 1.17 bits per heavy atom. The second-order valence-electron chi connectivity index (χ2n) is 2.59. The fraction of sp³-hybridized carbons (Fsp3) is 1.00. The third kappa shape index (κ3) is 9.23. The van der Waals surface area contributed by atoms with E-state index in [4.69, 9.17) is 11.4 Å². The number of nitrogens with two attached hydrogens (primary N) is 1. The van der Waals surface area contributed by atoms with Crippen LogP contribution in [0.4, 0.5) is 0 Å². The molecule has 0 saturated carbocycles. The molecule has 0 atom stereocenters. The normalized spacial score (nSPS) is 9.42. The lowest BCUT2D eigenvalue weighted by molar-refractivity contribution is 0.133. The SMILES string of the molecule is [N-]=[N+]=NCCCCCCCON. The van der Waals surface area contributed by atoms with E-state index in [-0.39, 0.29) is 0 Å². The van der Waals surface area contributed by atoms with Gasteiger partial charge in [-0.1, -0.05) is 24.4 Å². The van der Waals surface area contributed by atoms with Crippen LogP contribution in [-0.4, -0.2) is 13.2 Å². The summed E-state index contributed by atoms with van der Waals surface area (Å²) in [6, 6.07) is 0. The molecule has 70 valence electrons. The number of hydrogen-bond donors (Lipinski definition) is 1. The molecule has 0 heterocycles. The summed E-state index contributed by atoms with van der Waals surface area (Å²) in [5.41, 5.74) is 7.97. The van der Waals surface area contributed by atoms with Crippen LogP contribution in [0, 0.1) is 0 Å². The third-order valence-electron chi connectivity index (χ3n) is 1.58. The summed E-state index contributed by atoms with van der Waals surface area (Å²) >= 11 is 0. The summed E-state index contributed by atoms with van der Waals surface area (Å²) in [5, 5.41) is 3.44. The lowest BCUT2D eigenvalue weighted by Crippen LogP contribution is -2.00. The van der Waals surface area contributed by atoms with Crippen LogP contribution in [0.25, 0.3) is 10.4 Å². The summed E-state index contributed by atoms with van der Waals surface area (Å²) in [6.07, 6.45) is 5.40. The zero-order valence-corrected chi connectivity index (χ0v) is 7.28. The van der Waals surface area contributed by atoms with Crippen molar-refractivity contribution in [1.29, 1.82) is 0 Å². The zero-order valence-electron chi connectivity index (χ0n) is 7.28. The minimum absolute atomic E-state index is 0.615. The molecule has 5 heteroatoms. The highest BCUT2D eigenvalue weighted by Crippen LogP contribution is 2.02. The van der Waals surface area contributed by atoms with Crippen molar-refractivity contribution in [3.05, 3.63) is 10.4 Å². The Labute approximate surface area is 72.5 Å². The molecule has 0 bridgehead atoms. The highest BCUT2D eigenvalue weighted by Gasteiger charge is 1.89. The van der Waals surface area contributed by atoms with E-state index in [0.717, 1.165) is 32.1 Å². The third-order valence-corrected chi connectivity index (χ3v) is 1.58. The second kappa shape index (κ2) is 10.2. The highest BCUT2D eigenvalue weighted by atomic mass is 16.6. The minimum atomic E-state index is 0.615. The Morgan fingerprint density at radius 2 is 1.83 bits per heavy atom. The van der Waals surface area contributed by atoms with Crippen LogP contribution in [0.3, 0.4) is 0 Å². The predicted molar refractivity (Wildman–Crippen MR) is 47.2 cm³/mol. The molecule has 0 aromatic rings. The van der Waals surface area contributed by atoms with Crippen molar-refractivity contribution in [3.8, 4) is 0 Å². The van der Waals surface area contributed by atoms with Crippen LogP contribution in [0.1, 0.15) is 32.1 Å². The number of unbranched alkanes of at least 4 members (excludes halogenated alkanes) is 4. The Bertz CT molecular complexity index is 133. The quantitative estimate of drug-likeness (QED) is 0.200. The number of azide groups is 1. The first-order chi connectivity index (χ1) is 5.91. The van der Waals surface area contributed by atoms with Gasteiger partial charge in [0.05, 0.1) is 6.61 Å². The van der Waals surface area contributed by atoms with Gasteiger partial charge in [-0.05, 0) is 18.4 Å². The maximum atomic E-state index is 7.97. The molecule has 0 radical (unpaired) electrons. The Kier molecular flexibility index (Phi) is 9.57. The van der Waals surface area contributed by atoms with Crippen LogP contribution in [0.2, 0.25) is 0 Å². The maximum absolute atomic E-state index is 7.97. The van der Waals surface area contributed by atoms with Gasteiger partial charge in [0.2, 0.25) is 0 Å². The average Bonchev–Trinajstić information content (AvgIpc) is 2.10. The van der Waals surface area contributed by atoms with E-state index in [1.54, 1.807) is 0 Å². The van der Waals surface area contributed by atoms with Gasteiger partial charge >= 0.3 is 0 Å². The second-order valence-corrected chi connectivity index (χ2v) is 2.59. The summed E-state index contributed by atoms with van der Waals surface area (Å²) < 4.78 is 0. The topological polar surface area (TPSA) is 84.0 Å². The van der Waals surface area contributed by atoms with Crippen molar-refractivity contribution in [2.75, 3.05) is 13.2 Å².